The van der Waals surface area contributed by atoms with Crippen molar-refractivity contribution in [2.24, 2.45) is 0 Å². The van der Waals surface area contributed by atoms with Crippen molar-refractivity contribution >= 4 is 58.6 Å². The van der Waals surface area contributed by atoms with E-state index >= 15 is 0 Å². The summed E-state index contributed by atoms with van der Waals surface area (Å²) in [5.41, 5.74) is 10.2. The van der Waals surface area contributed by atoms with Crippen LogP contribution in [0.4, 0.5) is 0 Å². The predicted octanol–water partition coefficient (Wildman–Crippen LogP) is 8.20. The van der Waals surface area contributed by atoms with Crippen LogP contribution < -0.4 is 0 Å². The fourth-order valence-corrected chi connectivity index (χ4v) is 9.45. The van der Waals surface area contributed by atoms with Gasteiger partial charge in [-0.2, -0.15) is 0 Å². The van der Waals surface area contributed by atoms with Crippen LogP contribution in [0.2, 0.25) is 0 Å². The van der Waals surface area contributed by atoms with Gasteiger partial charge in [0.25, 0.3) is 0 Å². The van der Waals surface area contributed by atoms with Crippen molar-refractivity contribution in [3.63, 3.8) is 0 Å². The Morgan fingerprint density at radius 1 is 0.359 bits per heavy atom. The second-order valence-electron chi connectivity index (χ2n) is 10.1. The van der Waals surface area contributed by atoms with E-state index in [0.29, 0.717) is 0 Å². The van der Waals surface area contributed by atoms with Crippen molar-refractivity contribution in [1.82, 2.24) is 19.9 Å². The summed E-state index contributed by atoms with van der Waals surface area (Å²) < 4.78 is 0. The van der Waals surface area contributed by atoms with Crippen LogP contribution >= 0.6 is 0 Å². The zero-order valence-electron chi connectivity index (χ0n) is 21.1. The Morgan fingerprint density at radius 2 is 0.615 bits per heavy atom. The van der Waals surface area contributed by atoms with Gasteiger partial charge in [-0.3, -0.25) is 0 Å². The van der Waals surface area contributed by atoms with Gasteiger partial charge in [-0.05, 0) is 0 Å². The standard InChI is InChI=1S/C34H26N4Se/c1-5-13-29-21(9-1)25(17-35-29)33(26-18-36-30-14-6-2-10-22(26)30)39-34(27-19-37-31-15-7-3-11-23(27)31)28-20-38-32-16-8-4-12-24(28)32/h1-20,33-38H. The quantitative estimate of drug-likeness (QED) is 0.146. The molecule has 4 nitrogen and oxygen atoms in total. The third-order valence-electron chi connectivity index (χ3n) is 7.89. The van der Waals surface area contributed by atoms with E-state index in [1.165, 1.54) is 65.9 Å². The molecule has 8 rings (SSSR count). The summed E-state index contributed by atoms with van der Waals surface area (Å²) in [5, 5.41) is 5.19. The molecular weight excluding hydrogens is 543 g/mol. The molecule has 8 aromatic rings. The third kappa shape index (κ3) is 3.66. The number of benzene rings is 4. The fraction of sp³-hybridized carbons (Fsp3) is 0.0588. The van der Waals surface area contributed by atoms with E-state index in [1.807, 2.05) is 0 Å². The molecule has 39 heavy (non-hydrogen) atoms. The zero-order valence-corrected chi connectivity index (χ0v) is 22.8. The zero-order chi connectivity index (χ0) is 25.8. The molecule has 0 aliphatic heterocycles. The molecule has 0 atom stereocenters. The Bertz CT molecular complexity index is 1790. The van der Waals surface area contributed by atoms with Crippen molar-refractivity contribution in [3.05, 3.63) is 144 Å². The van der Waals surface area contributed by atoms with Crippen molar-refractivity contribution in [3.8, 4) is 0 Å². The average molecular weight is 570 g/mol. The Hall–Kier alpha value is -4.44. The summed E-state index contributed by atoms with van der Waals surface area (Å²) in [4.78, 5) is 14.7. The van der Waals surface area contributed by atoms with Crippen LogP contribution in [0, 0.1) is 0 Å². The number of hydrogen-bond acceptors (Lipinski definition) is 0. The molecule has 4 aromatic heterocycles. The molecule has 0 aliphatic carbocycles. The van der Waals surface area contributed by atoms with Crippen LogP contribution in [0.1, 0.15) is 31.9 Å². The topological polar surface area (TPSA) is 63.2 Å². The summed E-state index contributed by atoms with van der Waals surface area (Å²) in [7, 11) is 0. The van der Waals surface area contributed by atoms with E-state index in [1.54, 1.807) is 0 Å². The average Bonchev–Trinajstić information content (AvgIpc) is 3.79. The van der Waals surface area contributed by atoms with Crippen molar-refractivity contribution in [2.75, 3.05) is 0 Å². The molecule has 0 radical (unpaired) electrons. The van der Waals surface area contributed by atoms with Crippen LogP contribution in [0.15, 0.2) is 122 Å². The monoisotopic (exact) mass is 570 g/mol. The van der Waals surface area contributed by atoms with E-state index < -0.39 is 0 Å². The Kier molecular flexibility index (Phi) is 5.25. The number of hydrogen-bond donors (Lipinski definition) is 4. The molecule has 0 saturated carbocycles. The molecule has 0 aliphatic rings. The van der Waals surface area contributed by atoms with Crippen molar-refractivity contribution < 1.29 is 0 Å². The first-order chi connectivity index (χ1) is 19.3. The molecule has 4 heterocycles. The summed E-state index contributed by atoms with van der Waals surface area (Å²) in [6.45, 7) is 0. The molecule has 0 amide bonds. The van der Waals surface area contributed by atoms with Gasteiger partial charge < -0.3 is 0 Å². The Labute approximate surface area is 231 Å². The van der Waals surface area contributed by atoms with Gasteiger partial charge in [0.1, 0.15) is 0 Å². The predicted molar refractivity (Wildman–Crippen MR) is 163 cm³/mol. The molecule has 4 N–H and O–H groups in total. The van der Waals surface area contributed by atoms with Gasteiger partial charge in [0.2, 0.25) is 0 Å². The molecule has 0 fully saturated rings. The number of aromatic nitrogens is 4. The second kappa shape index (κ2) is 9.09. The minimum atomic E-state index is 0.117. The summed E-state index contributed by atoms with van der Waals surface area (Å²) in [5.74, 6) is 0. The summed E-state index contributed by atoms with van der Waals surface area (Å²) >= 11 is 0.117. The maximum atomic E-state index is 3.57. The first-order valence-electron chi connectivity index (χ1n) is 13.2. The van der Waals surface area contributed by atoms with Gasteiger partial charge in [0, 0.05) is 0 Å². The molecule has 5 heteroatoms. The fourth-order valence-electron chi connectivity index (χ4n) is 6.01. The number of fused-ring (bicyclic) bond motifs is 4. The molecule has 188 valence electrons. The van der Waals surface area contributed by atoms with Gasteiger partial charge in [0.05, 0.1) is 0 Å². The van der Waals surface area contributed by atoms with Crippen LogP contribution in [0.5, 0.6) is 0 Å². The van der Waals surface area contributed by atoms with Gasteiger partial charge in [0.15, 0.2) is 0 Å². The van der Waals surface area contributed by atoms with E-state index in [9.17, 15) is 0 Å². The van der Waals surface area contributed by atoms with Gasteiger partial charge in [-0.15, -0.1) is 0 Å². The van der Waals surface area contributed by atoms with Crippen molar-refractivity contribution in [1.29, 1.82) is 0 Å². The maximum absolute atomic E-state index is 3.57. The third-order valence-corrected chi connectivity index (χ3v) is 11.2. The second-order valence-corrected chi connectivity index (χ2v) is 12.6. The normalized spacial score (nSPS) is 12.2. The first kappa shape index (κ1) is 22.5. The van der Waals surface area contributed by atoms with Crippen LogP contribution in [0.3, 0.4) is 0 Å². The number of rotatable bonds is 6. The van der Waals surface area contributed by atoms with Crippen molar-refractivity contribution in [2.45, 2.75) is 9.63 Å². The van der Waals surface area contributed by atoms with Crippen LogP contribution in [-0.4, -0.2) is 34.9 Å². The minimum absolute atomic E-state index is 0.117. The van der Waals surface area contributed by atoms with Crippen LogP contribution in [0.25, 0.3) is 43.6 Å². The van der Waals surface area contributed by atoms with Crippen LogP contribution in [-0.2, 0) is 0 Å². The molecule has 0 bridgehead atoms. The number of para-hydroxylation sites is 4. The van der Waals surface area contributed by atoms with E-state index in [0.717, 1.165) is 0 Å². The van der Waals surface area contributed by atoms with E-state index in [2.05, 4.69) is 142 Å². The van der Waals surface area contributed by atoms with E-state index in [-0.39, 0.29) is 24.6 Å². The SMILES string of the molecule is c1ccc2c(C([Se]C(c3c[nH]c4ccccc34)c3c[nH]c4ccccc34)c3c[nH]c4ccccc34)c[nH]c2c1. The molecular formula is C34H26N4Se. The molecule has 0 unspecified atom stereocenters. The van der Waals surface area contributed by atoms with Gasteiger partial charge in [-0.25, -0.2) is 0 Å². The van der Waals surface area contributed by atoms with E-state index in [4.69, 9.17) is 0 Å². The van der Waals surface area contributed by atoms with Gasteiger partial charge in [-0.1, -0.05) is 0 Å². The molecule has 0 spiro atoms. The number of nitrogens with one attached hydrogen (secondary N) is 4. The van der Waals surface area contributed by atoms with Gasteiger partial charge >= 0.3 is 232 Å². The molecule has 4 aromatic carbocycles. The Morgan fingerprint density at radius 3 is 0.897 bits per heavy atom. The number of H-pyrrole nitrogens is 4. The molecule has 0 saturated heterocycles. The number of aromatic amines is 4. The Balaban J connectivity index is 1.37. The summed E-state index contributed by atoms with van der Waals surface area (Å²) in [6, 6.07) is 34.7. The summed E-state index contributed by atoms with van der Waals surface area (Å²) in [6.07, 6.45) is 8.95. The first-order valence-corrected chi connectivity index (χ1v) is 15.2.